The molecule has 0 aromatic carbocycles. The van der Waals surface area contributed by atoms with E-state index >= 15 is 0 Å². The molecule has 8 nitrogen and oxygen atoms in total. The number of anilines is 1. The van der Waals surface area contributed by atoms with E-state index in [0.717, 1.165) is 40.2 Å². The van der Waals surface area contributed by atoms with Crippen LogP contribution in [0.1, 0.15) is 48.7 Å². The van der Waals surface area contributed by atoms with Gasteiger partial charge >= 0.3 is 0 Å². The zero-order valence-electron chi connectivity index (χ0n) is 18.6. The van der Waals surface area contributed by atoms with Crippen molar-refractivity contribution in [2.75, 3.05) is 18.0 Å². The quantitative estimate of drug-likeness (QED) is 0.489. The predicted octanol–water partition coefficient (Wildman–Crippen LogP) is 3.93. The Labute approximate surface area is 186 Å². The molecule has 1 saturated carbocycles. The third kappa shape index (κ3) is 3.44. The molecule has 0 amide bonds. The molecule has 0 N–H and O–H groups in total. The summed E-state index contributed by atoms with van der Waals surface area (Å²) in [5.74, 6) is 1.54. The molecule has 1 saturated heterocycles. The van der Waals surface area contributed by atoms with E-state index in [1.165, 1.54) is 12.8 Å². The topological polar surface area (TPSA) is 73.9 Å². The Morgan fingerprint density at radius 2 is 1.84 bits per heavy atom. The van der Waals surface area contributed by atoms with Crippen LogP contribution >= 0.6 is 0 Å². The predicted molar refractivity (Wildman–Crippen MR) is 122 cm³/mol. The summed E-state index contributed by atoms with van der Waals surface area (Å²) in [7, 11) is 0. The summed E-state index contributed by atoms with van der Waals surface area (Å²) in [4.78, 5) is 16.9. The fourth-order valence-corrected chi connectivity index (χ4v) is 4.39. The molecule has 2 aliphatic rings. The van der Waals surface area contributed by atoms with E-state index in [1.54, 1.807) is 0 Å². The van der Waals surface area contributed by atoms with Gasteiger partial charge in [0.2, 0.25) is 5.95 Å². The van der Waals surface area contributed by atoms with Crippen LogP contribution in [0.15, 0.2) is 43.0 Å². The summed E-state index contributed by atoms with van der Waals surface area (Å²) in [6, 6.07) is 6.71. The summed E-state index contributed by atoms with van der Waals surface area (Å²) >= 11 is 0. The highest BCUT2D eigenvalue weighted by Crippen LogP contribution is 2.36. The summed E-state index contributed by atoms with van der Waals surface area (Å²) in [6.07, 6.45) is 10.5. The minimum Gasteiger partial charge on any atom is -0.367 e. The molecular weight excluding hydrogens is 402 g/mol. The van der Waals surface area contributed by atoms with Crippen LogP contribution in [0.3, 0.4) is 0 Å². The van der Waals surface area contributed by atoms with E-state index in [4.69, 9.17) is 19.7 Å². The SMILES string of the molecule is Cc1cc2c(-n3cccc3)nc(N3CC(C)OC(c4cnn(C5CC5)c4)C3)nc2nc1C. The average molecular weight is 430 g/mol. The second kappa shape index (κ2) is 7.41. The van der Waals surface area contributed by atoms with Gasteiger partial charge in [-0.05, 0) is 57.4 Å². The summed E-state index contributed by atoms with van der Waals surface area (Å²) in [5, 5.41) is 5.51. The van der Waals surface area contributed by atoms with Gasteiger partial charge in [-0.15, -0.1) is 0 Å². The summed E-state index contributed by atoms with van der Waals surface area (Å²) in [6.45, 7) is 7.61. The summed E-state index contributed by atoms with van der Waals surface area (Å²) in [5.41, 5.74) is 3.96. The Bertz CT molecular complexity index is 1280. The monoisotopic (exact) mass is 429 g/mol. The molecule has 164 valence electrons. The molecule has 1 aliphatic heterocycles. The van der Waals surface area contributed by atoms with Crippen LogP contribution in [-0.4, -0.2) is 48.5 Å². The van der Waals surface area contributed by atoms with Crippen molar-refractivity contribution in [1.29, 1.82) is 0 Å². The van der Waals surface area contributed by atoms with Gasteiger partial charge < -0.3 is 14.2 Å². The second-order valence-electron chi connectivity index (χ2n) is 9.02. The van der Waals surface area contributed by atoms with Gasteiger partial charge in [0.05, 0.1) is 30.3 Å². The number of hydrogen-bond acceptors (Lipinski definition) is 6. The number of aryl methyl sites for hydroxylation is 2. The van der Waals surface area contributed by atoms with Gasteiger partial charge in [0.15, 0.2) is 11.5 Å². The van der Waals surface area contributed by atoms with Crippen molar-refractivity contribution in [2.24, 2.45) is 0 Å². The number of ether oxygens (including phenoxy) is 1. The largest absolute Gasteiger partial charge is 0.367 e. The molecule has 0 bridgehead atoms. The molecule has 4 aromatic rings. The molecule has 0 radical (unpaired) electrons. The molecule has 5 heterocycles. The third-order valence-corrected chi connectivity index (χ3v) is 6.41. The highest BCUT2D eigenvalue weighted by molar-refractivity contribution is 5.84. The molecule has 4 aromatic heterocycles. The molecule has 2 atom stereocenters. The molecule has 2 fully saturated rings. The first-order valence-corrected chi connectivity index (χ1v) is 11.3. The van der Waals surface area contributed by atoms with Gasteiger partial charge in [-0.3, -0.25) is 4.68 Å². The lowest BCUT2D eigenvalue weighted by atomic mass is 10.1. The molecular formula is C24H27N7O. The Balaban J connectivity index is 1.40. The fourth-order valence-electron chi connectivity index (χ4n) is 4.39. The van der Waals surface area contributed by atoms with Crippen molar-refractivity contribution >= 4 is 17.0 Å². The van der Waals surface area contributed by atoms with Gasteiger partial charge in [-0.25, -0.2) is 4.98 Å². The molecule has 0 spiro atoms. The maximum atomic E-state index is 6.29. The fraction of sp³-hybridized carbons (Fsp3) is 0.417. The Hall–Kier alpha value is -3.26. The summed E-state index contributed by atoms with van der Waals surface area (Å²) < 4.78 is 10.4. The van der Waals surface area contributed by atoms with E-state index in [1.807, 2.05) is 42.2 Å². The van der Waals surface area contributed by atoms with Crippen molar-refractivity contribution < 1.29 is 4.74 Å². The van der Waals surface area contributed by atoms with Crippen molar-refractivity contribution in [3.63, 3.8) is 0 Å². The maximum Gasteiger partial charge on any atom is 0.229 e. The number of nitrogens with zero attached hydrogens (tertiary/aromatic N) is 7. The van der Waals surface area contributed by atoms with E-state index in [0.29, 0.717) is 18.5 Å². The van der Waals surface area contributed by atoms with Crippen LogP contribution in [0.4, 0.5) is 5.95 Å². The zero-order chi connectivity index (χ0) is 21.8. The van der Waals surface area contributed by atoms with E-state index in [-0.39, 0.29) is 12.2 Å². The highest BCUT2D eigenvalue weighted by Gasteiger charge is 2.31. The Morgan fingerprint density at radius 1 is 1.03 bits per heavy atom. The molecule has 8 heteroatoms. The van der Waals surface area contributed by atoms with Gasteiger partial charge in [0.25, 0.3) is 0 Å². The number of rotatable bonds is 4. The highest BCUT2D eigenvalue weighted by atomic mass is 16.5. The minimum absolute atomic E-state index is 0.0556. The van der Waals surface area contributed by atoms with Crippen molar-refractivity contribution in [2.45, 2.75) is 51.9 Å². The van der Waals surface area contributed by atoms with E-state index in [9.17, 15) is 0 Å². The first-order chi connectivity index (χ1) is 15.5. The smallest absolute Gasteiger partial charge is 0.229 e. The van der Waals surface area contributed by atoms with Gasteiger partial charge in [-0.2, -0.15) is 15.1 Å². The van der Waals surface area contributed by atoms with Crippen LogP contribution < -0.4 is 4.90 Å². The number of hydrogen-bond donors (Lipinski definition) is 0. The van der Waals surface area contributed by atoms with Gasteiger partial charge in [-0.1, -0.05) is 0 Å². The lowest BCUT2D eigenvalue weighted by molar-refractivity contribution is -0.0178. The lowest BCUT2D eigenvalue weighted by Crippen LogP contribution is -2.43. The van der Waals surface area contributed by atoms with Crippen LogP contribution in [0, 0.1) is 13.8 Å². The molecule has 6 rings (SSSR count). The first kappa shape index (κ1) is 19.4. The average Bonchev–Trinajstić information content (AvgIpc) is 3.27. The van der Waals surface area contributed by atoms with E-state index in [2.05, 4.69) is 40.8 Å². The number of pyridine rings is 1. The molecule has 2 unspecified atom stereocenters. The number of morpholine rings is 1. The van der Waals surface area contributed by atoms with Crippen molar-refractivity contribution in [3.8, 4) is 5.82 Å². The van der Waals surface area contributed by atoms with Gasteiger partial charge in [0, 0.05) is 36.4 Å². The second-order valence-corrected chi connectivity index (χ2v) is 9.02. The van der Waals surface area contributed by atoms with Crippen LogP contribution in [0.5, 0.6) is 0 Å². The van der Waals surface area contributed by atoms with Crippen LogP contribution in [0.25, 0.3) is 16.9 Å². The van der Waals surface area contributed by atoms with Crippen LogP contribution in [0.2, 0.25) is 0 Å². The standard InChI is InChI=1S/C24H27N7O/c1-15-10-20-22(26-17(15)3)27-24(28-23(20)29-8-4-5-9-29)30-12-16(2)32-21(14-30)18-11-25-31(13-18)19-6-7-19/h4-5,8-11,13,16,19,21H,6-7,12,14H2,1-3H3. The maximum absolute atomic E-state index is 6.29. The van der Waals surface area contributed by atoms with Crippen molar-refractivity contribution in [1.82, 2.24) is 29.3 Å². The Morgan fingerprint density at radius 3 is 2.62 bits per heavy atom. The molecule has 32 heavy (non-hydrogen) atoms. The zero-order valence-corrected chi connectivity index (χ0v) is 18.6. The van der Waals surface area contributed by atoms with Crippen LogP contribution in [-0.2, 0) is 4.74 Å². The van der Waals surface area contributed by atoms with Gasteiger partial charge in [0.1, 0.15) is 6.10 Å². The normalized spacial score (nSPS) is 21.4. The minimum atomic E-state index is -0.0618. The van der Waals surface area contributed by atoms with Crippen molar-refractivity contribution in [3.05, 3.63) is 59.8 Å². The third-order valence-electron chi connectivity index (χ3n) is 6.41. The lowest BCUT2D eigenvalue weighted by Gasteiger charge is -2.36. The first-order valence-electron chi connectivity index (χ1n) is 11.3. The Kier molecular flexibility index (Phi) is 4.50. The number of aromatic nitrogens is 6. The number of fused-ring (bicyclic) bond motifs is 1. The van der Waals surface area contributed by atoms with E-state index < -0.39 is 0 Å². The molecule has 1 aliphatic carbocycles.